The molecule has 1 aromatic heterocycles. The van der Waals surface area contributed by atoms with Crippen molar-refractivity contribution in [2.75, 3.05) is 5.75 Å². The van der Waals surface area contributed by atoms with Gasteiger partial charge in [-0.2, -0.15) is 5.26 Å². The predicted octanol–water partition coefficient (Wildman–Crippen LogP) is 1.19. The Kier molecular flexibility index (Phi) is 4.73. The first-order valence-corrected chi connectivity index (χ1v) is 6.32. The van der Waals surface area contributed by atoms with Gasteiger partial charge in [0.2, 0.25) is 0 Å². The van der Waals surface area contributed by atoms with E-state index in [4.69, 9.17) is 11.0 Å². The molecule has 0 spiro atoms. The standard InChI is InChI=1S/C11H16N4OS/c1-8-6-9(16)15-10(14-8)17-5-3-4-11(2,13)7-12/h6H,3-5,13H2,1-2H3,(H,14,15,16). The molecular weight excluding hydrogens is 236 g/mol. The summed E-state index contributed by atoms with van der Waals surface area (Å²) in [5.41, 5.74) is 5.50. The average molecular weight is 252 g/mol. The molecular formula is C11H16N4OS. The van der Waals surface area contributed by atoms with E-state index in [2.05, 4.69) is 16.0 Å². The Labute approximate surface area is 104 Å². The summed E-state index contributed by atoms with van der Waals surface area (Å²) < 4.78 is 0. The summed E-state index contributed by atoms with van der Waals surface area (Å²) in [4.78, 5) is 18.0. The van der Waals surface area contributed by atoms with Gasteiger partial charge in [0, 0.05) is 17.5 Å². The molecule has 17 heavy (non-hydrogen) atoms. The molecule has 1 heterocycles. The van der Waals surface area contributed by atoms with E-state index in [0.29, 0.717) is 17.3 Å². The third kappa shape index (κ3) is 5.02. The number of aromatic amines is 1. The normalized spacial score (nSPS) is 14.0. The Hall–Kier alpha value is -1.32. The second-order valence-corrected chi connectivity index (χ2v) is 5.26. The summed E-state index contributed by atoms with van der Waals surface area (Å²) in [6.07, 6.45) is 1.44. The Morgan fingerprint density at radius 1 is 1.71 bits per heavy atom. The Balaban J connectivity index is 2.42. The molecule has 0 bridgehead atoms. The lowest BCUT2D eigenvalue weighted by Crippen LogP contribution is -2.33. The molecule has 0 fully saturated rings. The monoisotopic (exact) mass is 252 g/mol. The topological polar surface area (TPSA) is 95.6 Å². The third-order valence-corrected chi connectivity index (χ3v) is 3.14. The molecule has 92 valence electrons. The molecule has 1 atom stereocenters. The zero-order valence-corrected chi connectivity index (χ0v) is 10.8. The lowest BCUT2D eigenvalue weighted by atomic mass is 10.0. The molecule has 1 rings (SSSR count). The molecule has 0 amide bonds. The quantitative estimate of drug-likeness (QED) is 0.466. The summed E-state index contributed by atoms with van der Waals surface area (Å²) in [7, 11) is 0. The van der Waals surface area contributed by atoms with Crippen LogP contribution in [0.3, 0.4) is 0 Å². The second kappa shape index (κ2) is 5.84. The van der Waals surface area contributed by atoms with Crippen molar-refractivity contribution < 1.29 is 0 Å². The van der Waals surface area contributed by atoms with E-state index < -0.39 is 5.54 Å². The van der Waals surface area contributed by atoms with Gasteiger partial charge in [0.25, 0.3) is 5.56 Å². The number of nitrogens with zero attached hydrogens (tertiary/aromatic N) is 2. The largest absolute Gasteiger partial charge is 0.314 e. The fourth-order valence-corrected chi connectivity index (χ4v) is 2.15. The van der Waals surface area contributed by atoms with Crippen LogP contribution >= 0.6 is 11.8 Å². The summed E-state index contributed by atoms with van der Waals surface area (Å²) in [5.74, 6) is 0.779. The van der Waals surface area contributed by atoms with Gasteiger partial charge < -0.3 is 10.7 Å². The van der Waals surface area contributed by atoms with Crippen molar-refractivity contribution in [2.24, 2.45) is 5.73 Å². The van der Waals surface area contributed by atoms with E-state index in [1.54, 1.807) is 13.8 Å². The molecule has 0 radical (unpaired) electrons. The van der Waals surface area contributed by atoms with Crippen LogP contribution in [0.1, 0.15) is 25.5 Å². The molecule has 5 nitrogen and oxygen atoms in total. The van der Waals surface area contributed by atoms with Crippen molar-refractivity contribution in [3.05, 3.63) is 22.1 Å². The van der Waals surface area contributed by atoms with E-state index >= 15 is 0 Å². The van der Waals surface area contributed by atoms with Gasteiger partial charge in [-0.3, -0.25) is 4.79 Å². The highest BCUT2D eigenvalue weighted by Gasteiger charge is 2.16. The molecule has 3 N–H and O–H groups in total. The van der Waals surface area contributed by atoms with Crippen LogP contribution in [-0.2, 0) is 0 Å². The van der Waals surface area contributed by atoms with Crippen molar-refractivity contribution in [3.63, 3.8) is 0 Å². The number of nitrogens with two attached hydrogens (primary N) is 1. The van der Waals surface area contributed by atoms with Gasteiger partial charge in [0.1, 0.15) is 5.54 Å². The van der Waals surface area contributed by atoms with E-state index in [-0.39, 0.29) is 5.56 Å². The molecule has 1 unspecified atom stereocenters. The van der Waals surface area contributed by atoms with Gasteiger partial charge in [-0.25, -0.2) is 4.98 Å². The number of nitriles is 1. The van der Waals surface area contributed by atoms with Gasteiger partial charge >= 0.3 is 0 Å². The summed E-state index contributed by atoms with van der Waals surface area (Å²) in [6.45, 7) is 3.50. The minimum atomic E-state index is -0.770. The molecule has 0 saturated carbocycles. The van der Waals surface area contributed by atoms with Crippen LogP contribution in [0, 0.1) is 18.3 Å². The minimum absolute atomic E-state index is 0.138. The number of hydrogen-bond acceptors (Lipinski definition) is 5. The van der Waals surface area contributed by atoms with Crippen LogP contribution in [0.15, 0.2) is 16.0 Å². The summed E-state index contributed by atoms with van der Waals surface area (Å²) in [5, 5.41) is 9.36. The predicted molar refractivity (Wildman–Crippen MR) is 67.8 cm³/mol. The van der Waals surface area contributed by atoms with Gasteiger partial charge in [-0.1, -0.05) is 11.8 Å². The maximum atomic E-state index is 11.2. The van der Waals surface area contributed by atoms with Crippen LogP contribution in [0.2, 0.25) is 0 Å². The summed E-state index contributed by atoms with van der Waals surface area (Å²) in [6, 6.07) is 3.51. The molecule has 0 saturated heterocycles. The van der Waals surface area contributed by atoms with Gasteiger partial charge in [0.05, 0.1) is 6.07 Å². The number of hydrogen-bond donors (Lipinski definition) is 2. The van der Waals surface area contributed by atoms with Crippen molar-refractivity contribution in [2.45, 2.75) is 37.4 Å². The van der Waals surface area contributed by atoms with Crippen LogP contribution < -0.4 is 11.3 Å². The molecule has 1 aromatic rings. The maximum Gasteiger partial charge on any atom is 0.251 e. The number of aryl methyl sites for hydroxylation is 1. The smallest absolute Gasteiger partial charge is 0.251 e. The van der Waals surface area contributed by atoms with Crippen molar-refractivity contribution in [1.82, 2.24) is 9.97 Å². The zero-order chi connectivity index (χ0) is 12.9. The zero-order valence-electron chi connectivity index (χ0n) is 9.99. The average Bonchev–Trinajstić information content (AvgIpc) is 2.23. The highest BCUT2D eigenvalue weighted by atomic mass is 32.2. The third-order valence-electron chi connectivity index (χ3n) is 2.18. The number of H-pyrrole nitrogens is 1. The maximum absolute atomic E-state index is 11.2. The number of rotatable bonds is 5. The van der Waals surface area contributed by atoms with Gasteiger partial charge in [-0.15, -0.1) is 0 Å². The Bertz CT molecular complexity index is 475. The van der Waals surface area contributed by atoms with Gasteiger partial charge in [0.15, 0.2) is 5.16 Å². The van der Waals surface area contributed by atoms with E-state index in [9.17, 15) is 4.79 Å². The van der Waals surface area contributed by atoms with Crippen molar-refractivity contribution >= 4 is 11.8 Å². The molecule has 0 aliphatic carbocycles. The Morgan fingerprint density at radius 2 is 2.41 bits per heavy atom. The first kappa shape index (κ1) is 13.7. The molecule has 6 heteroatoms. The molecule has 0 aliphatic heterocycles. The van der Waals surface area contributed by atoms with E-state index in [1.165, 1.54) is 17.8 Å². The lowest BCUT2D eigenvalue weighted by molar-refractivity contribution is 0.540. The highest BCUT2D eigenvalue weighted by Crippen LogP contribution is 2.16. The summed E-state index contributed by atoms with van der Waals surface area (Å²) >= 11 is 1.47. The van der Waals surface area contributed by atoms with Crippen molar-refractivity contribution in [1.29, 1.82) is 5.26 Å². The minimum Gasteiger partial charge on any atom is -0.314 e. The number of aromatic nitrogens is 2. The van der Waals surface area contributed by atoms with Crippen molar-refractivity contribution in [3.8, 4) is 6.07 Å². The number of thioether (sulfide) groups is 1. The van der Waals surface area contributed by atoms with Crippen LogP contribution in [0.5, 0.6) is 0 Å². The number of nitrogens with one attached hydrogen (secondary N) is 1. The van der Waals surface area contributed by atoms with E-state index in [1.807, 2.05) is 0 Å². The molecule has 0 aliphatic rings. The first-order valence-electron chi connectivity index (χ1n) is 5.34. The van der Waals surface area contributed by atoms with Gasteiger partial charge in [-0.05, 0) is 26.7 Å². The SMILES string of the molecule is Cc1cc(=O)[nH]c(SCCCC(C)(N)C#N)n1. The first-order chi connectivity index (χ1) is 7.93. The fraction of sp³-hybridized carbons (Fsp3) is 0.545. The second-order valence-electron chi connectivity index (χ2n) is 4.17. The van der Waals surface area contributed by atoms with Crippen LogP contribution in [-0.4, -0.2) is 21.3 Å². The Morgan fingerprint density at radius 3 is 3.00 bits per heavy atom. The fourth-order valence-electron chi connectivity index (χ4n) is 1.28. The van der Waals surface area contributed by atoms with Crippen LogP contribution in [0.25, 0.3) is 0 Å². The van der Waals surface area contributed by atoms with Crippen LogP contribution in [0.4, 0.5) is 0 Å². The lowest BCUT2D eigenvalue weighted by Gasteiger charge is -2.13. The molecule has 0 aromatic carbocycles. The highest BCUT2D eigenvalue weighted by molar-refractivity contribution is 7.99. The van der Waals surface area contributed by atoms with E-state index in [0.717, 1.165) is 12.2 Å².